The Kier molecular flexibility index (Phi) is 5.14. The van der Waals surface area contributed by atoms with Crippen LogP contribution in [0.15, 0.2) is 9.95 Å². The highest BCUT2D eigenvalue weighted by molar-refractivity contribution is 7.99. The van der Waals surface area contributed by atoms with Gasteiger partial charge in [0, 0.05) is 23.2 Å². The molecular formula is C19H21N3O3S2. The third-order valence-corrected chi connectivity index (χ3v) is 6.90. The summed E-state index contributed by atoms with van der Waals surface area (Å²) in [6.07, 6.45) is 0. The number of aromatic amines is 1. The summed E-state index contributed by atoms with van der Waals surface area (Å²) >= 11 is 2.72. The lowest BCUT2D eigenvalue weighted by Gasteiger charge is -2.07. The molecule has 0 unspecified atom stereocenters. The van der Waals surface area contributed by atoms with E-state index in [2.05, 4.69) is 9.97 Å². The summed E-state index contributed by atoms with van der Waals surface area (Å²) < 4.78 is 1.49. The van der Waals surface area contributed by atoms with Crippen molar-refractivity contribution in [3.63, 3.8) is 0 Å². The van der Waals surface area contributed by atoms with Crippen LogP contribution in [0.5, 0.6) is 0 Å². The molecule has 3 heterocycles. The van der Waals surface area contributed by atoms with Crippen LogP contribution in [0.25, 0.3) is 10.2 Å². The fourth-order valence-corrected chi connectivity index (χ4v) is 5.16. The second-order valence-electron chi connectivity index (χ2n) is 6.61. The van der Waals surface area contributed by atoms with E-state index < -0.39 is 0 Å². The van der Waals surface area contributed by atoms with Crippen LogP contribution < -0.4 is 5.56 Å². The maximum absolute atomic E-state index is 12.7. The van der Waals surface area contributed by atoms with Gasteiger partial charge in [0.2, 0.25) is 0 Å². The summed E-state index contributed by atoms with van der Waals surface area (Å²) in [4.78, 5) is 46.5. The van der Waals surface area contributed by atoms with Crippen LogP contribution in [0.1, 0.15) is 49.5 Å². The molecule has 0 atom stereocenters. The van der Waals surface area contributed by atoms with Gasteiger partial charge in [-0.15, -0.1) is 11.3 Å². The van der Waals surface area contributed by atoms with Gasteiger partial charge < -0.3 is 4.98 Å². The molecule has 0 aliphatic rings. The Balaban J connectivity index is 1.90. The molecule has 0 aliphatic carbocycles. The minimum absolute atomic E-state index is 0.0640. The van der Waals surface area contributed by atoms with Crippen molar-refractivity contribution in [3.05, 3.63) is 43.3 Å². The first-order valence-corrected chi connectivity index (χ1v) is 10.3. The van der Waals surface area contributed by atoms with Crippen molar-refractivity contribution in [2.45, 2.75) is 39.8 Å². The second-order valence-corrected chi connectivity index (χ2v) is 8.76. The topological polar surface area (TPSA) is 84.8 Å². The molecule has 8 heteroatoms. The van der Waals surface area contributed by atoms with Crippen molar-refractivity contribution < 1.29 is 9.59 Å². The molecule has 142 valence electrons. The van der Waals surface area contributed by atoms with Crippen LogP contribution in [0.4, 0.5) is 0 Å². The molecule has 0 aromatic carbocycles. The van der Waals surface area contributed by atoms with Crippen LogP contribution in [0.3, 0.4) is 0 Å². The zero-order valence-corrected chi connectivity index (χ0v) is 17.8. The number of rotatable bonds is 5. The predicted molar refractivity (Wildman–Crippen MR) is 110 cm³/mol. The van der Waals surface area contributed by atoms with E-state index in [4.69, 9.17) is 0 Å². The van der Waals surface area contributed by atoms with Gasteiger partial charge in [-0.1, -0.05) is 11.8 Å². The summed E-state index contributed by atoms with van der Waals surface area (Å²) in [6.45, 7) is 8.95. The number of H-pyrrole nitrogens is 1. The molecule has 0 radical (unpaired) electrons. The highest BCUT2D eigenvalue weighted by Gasteiger charge is 2.21. The Hall–Kier alpha value is -2.19. The number of aryl methyl sites for hydroxylation is 3. The first-order chi connectivity index (χ1) is 12.6. The number of aromatic nitrogens is 3. The van der Waals surface area contributed by atoms with Gasteiger partial charge in [-0.25, -0.2) is 4.98 Å². The van der Waals surface area contributed by atoms with Crippen LogP contribution >= 0.6 is 23.1 Å². The van der Waals surface area contributed by atoms with E-state index in [1.54, 1.807) is 20.9 Å². The number of Topliss-reactive ketones (excluding diaryl/α,β-unsaturated/α-hetero) is 2. The second kappa shape index (κ2) is 7.09. The number of fused-ring (bicyclic) bond motifs is 1. The molecule has 0 saturated heterocycles. The smallest absolute Gasteiger partial charge is 0.262 e. The van der Waals surface area contributed by atoms with Crippen LogP contribution in [0, 0.1) is 27.7 Å². The molecule has 6 nitrogen and oxygen atoms in total. The van der Waals surface area contributed by atoms with E-state index in [0.717, 1.165) is 10.4 Å². The largest absolute Gasteiger partial charge is 0.355 e. The summed E-state index contributed by atoms with van der Waals surface area (Å²) in [7, 11) is 1.67. The first-order valence-electron chi connectivity index (χ1n) is 8.46. The van der Waals surface area contributed by atoms with Crippen LogP contribution in [-0.4, -0.2) is 31.9 Å². The van der Waals surface area contributed by atoms with Crippen LogP contribution in [-0.2, 0) is 7.05 Å². The number of thiophene rings is 1. The van der Waals surface area contributed by atoms with E-state index in [-0.39, 0.29) is 22.9 Å². The SMILES string of the molecule is CC(=O)c1c(C)[nH]c(C(=O)CSc2nc3sc(C)c(C)c3c(=O)n2C)c1C. The predicted octanol–water partition coefficient (Wildman–Crippen LogP) is 3.73. The standard InChI is InChI=1S/C19H21N3O3S2/c1-8-12(5)27-17-15(8)18(25)22(6)19(21-17)26-7-13(24)16-9(2)14(11(4)23)10(3)20-16/h20H,7H2,1-6H3. The molecule has 0 aliphatic heterocycles. The van der Waals surface area contributed by atoms with Gasteiger partial charge in [-0.3, -0.25) is 19.0 Å². The zero-order valence-electron chi connectivity index (χ0n) is 16.1. The maximum atomic E-state index is 12.7. The highest BCUT2D eigenvalue weighted by atomic mass is 32.2. The summed E-state index contributed by atoms with van der Waals surface area (Å²) in [6, 6.07) is 0. The van der Waals surface area contributed by atoms with Gasteiger partial charge in [0.1, 0.15) is 4.83 Å². The molecule has 3 aromatic heterocycles. The Morgan fingerprint density at radius 2 is 1.85 bits per heavy atom. The van der Waals surface area contributed by atoms with Crippen molar-refractivity contribution in [2.75, 3.05) is 5.75 Å². The van der Waals surface area contributed by atoms with E-state index in [1.807, 2.05) is 13.8 Å². The number of hydrogen-bond donors (Lipinski definition) is 1. The highest BCUT2D eigenvalue weighted by Crippen LogP contribution is 2.28. The average Bonchev–Trinajstić information content (AvgIpc) is 3.05. The van der Waals surface area contributed by atoms with Crippen molar-refractivity contribution in [1.82, 2.24) is 14.5 Å². The van der Waals surface area contributed by atoms with E-state index in [0.29, 0.717) is 37.9 Å². The van der Waals surface area contributed by atoms with Gasteiger partial charge in [0.15, 0.2) is 16.7 Å². The van der Waals surface area contributed by atoms with Gasteiger partial charge >= 0.3 is 0 Å². The quantitative estimate of drug-likeness (QED) is 0.399. The normalized spacial score (nSPS) is 11.3. The lowest BCUT2D eigenvalue weighted by Crippen LogP contribution is -2.20. The Morgan fingerprint density at radius 3 is 2.44 bits per heavy atom. The van der Waals surface area contributed by atoms with E-state index in [9.17, 15) is 14.4 Å². The molecule has 27 heavy (non-hydrogen) atoms. The molecule has 0 spiro atoms. The van der Waals surface area contributed by atoms with E-state index >= 15 is 0 Å². The fraction of sp³-hybridized carbons (Fsp3) is 0.368. The van der Waals surface area contributed by atoms with Crippen molar-refractivity contribution in [3.8, 4) is 0 Å². The number of carbonyl (C=O) groups excluding carboxylic acids is 2. The third-order valence-electron chi connectivity index (χ3n) is 4.77. The van der Waals surface area contributed by atoms with Crippen LogP contribution in [0.2, 0.25) is 0 Å². The van der Waals surface area contributed by atoms with Gasteiger partial charge in [-0.2, -0.15) is 0 Å². The Morgan fingerprint density at radius 1 is 1.19 bits per heavy atom. The van der Waals surface area contributed by atoms with Crippen molar-refractivity contribution >= 4 is 44.9 Å². The number of nitrogens with zero attached hydrogens (tertiary/aromatic N) is 2. The minimum atomic E-state index is -0.124. The lowest BCUT2D eigenvalue weighted by molar-refractivity contribution is 0.101. The molecule has 0 saturated carbocycles. The van der Waals surface area contributed by atoms with Crippen molar-refractivity contribution in [1.29, 1.82) is 0 Å². The number of hydrogen-bond acceptors (Lipinski definition) is 6. The molecule has 3 rings (SSSR count). The lowest BCUT2D eigenvalue weighted by atomic mass is 10.1. The monoisotopic (exact) mass is 403 g/mol. The molecule has 0 bridgehead atoms. The van der Waals surface area contributed by atoms with E-state index in [1.165, 1.54) is 34.6 Å². The number of thioether (sulfide) groups is 1. The summed E-state index contributed by atoms with van der Waals surface area (Å²) in [5.41, 5.74) is 3.25. The summed E-state index contributed by atoms with van der Waals surface area (Å²) in [5.74, 6) is -0.0559. The van der Waals surface area contributed by atoms with Gasteiger partial charge in [-0.05, 0) is 45.7 Å². The minimum Gasteiger partial charge on any atom is -0.355 e. The molecule has 1 N–H and O–H groups in total. The maximum Gasteiger partial charge on any atom is 0.262 e. The molecule has 3 aromatic rings. The molecule has 0 fully saturated rings. The molecule has 0 amide bonds. The number of carbonyl (C=O) groups is 2. The molecular weight excluding hydrogens is 382 g/mol. The zero-order chi connectivity index (χ0) is 20.0. The Bertz CT molecular complexity index is 1150. The van der Waals surface area contributed by atoms with Gasteiger partial charge in [0.05, 0.1) is 16.8 Å². The number of ketones is 2. The third kappa shape index (κ3) is 3.27. The fourth-order valence-electron chi connectivity index (χ4n) is 3.24. The Labute approximate surface area is 165 Å². The van der Waals surface area contributed by atoms with Gasteiger partial charge in [0.25, 0.3) is 5.56 Å². The average molecular weight is 404 g/mol. The summed E-state index contributed by atoms with van der Waals surface area (Å²) in [5, 5.41) is 1.16. The van der Waals surface area contributed by atoms with Crippen molar-refractivity contribution in [2.24, 2.45) is 7.05 Å². The number of nitrogens with one attached hydrogen (secondary N) is 1. The first kappa shape index (κ1) is 19.6.